The number of amides is 4. The molecular formula is C15H16Cl2N2O4. The van der Waals surface area contributed by atoms with Gasteiger partial charge in [-0.15, -0.1) is 0 Å². The first-order chi connectivity index (χ1) is 10.8. The predicted molar refractivity (Wildman–Crippen MR) is 85.6 cm³/mol. The molecule has 0 atom stereocenters. The fraction of sp³-hybridized carbons (Fsp3) is 0.400. The Kier molecular flexibility index (Phi) is 5.49. The lowest BCUT2D eigenvalue weighted by Gasteiger charge is -2.17. The number of carbonyl (C=O) groups excluding carboxylic acids is 3. The minimum absolute atomic E-state index is 0.0294. The first kappa shape index (κ1) is 17.6. The summed E-state index contributed by atoms with van der Waals surface area (Å²) in [6, 6.07) is 4.12. The second-order valence-corrected chi connectivity index (χ2v) is 6.32. The van der Waals surface area contributed by atoms with Crippen LogP contribution in [0.25, 0.3) is 0 Å². The van der Waals surface area contributed by atoms with Crippen molar-refractivity contribution in [3.05, 3.63) is 28.2 Å². The van der Waals surface area contributed by atoms with Gasteiger partial charge in [-0.1, -0.05) is 37.0 Å². The number of rotatable bonds is 6. The van der Waals surface area contributed by atoms with Crippen molar-refractivity contribution in [2.24, 2.45) is 5.92 Å². The molecule has 4 amide bonds. The van der Waals surface area contributed by atoms with Crippen LogP contribution in [0, 0.1) is 5.92 Å². The molecule has 1 aromatic carbocycles. The molecular weight excluding hydrogens is 343 g/mol. The maximum Gasteiger partial charge on any atom is 0.334 e. The first-order valence-corrected chi connectivity index (χ1v) is 7.82. The first-order valence-electron chi connectivity index (χ1n) is 7.06. The third-order valence-corrected chi connectivity index (χ3v) is 3.68. The summed E-state index contributed by atoms with van der Waals surface area (Å²) in [4.78, 5) is 37.7. The van der Waals surface area contributed by atoms with Gasteiger partial charge >= 0.3 is 17.8 Å². The summed E-state index contributed by atoms with van der Waals surface area (Å²) in [5, 5.41) is 0.802. The van der Waals surface area contributed by atoms with Crippen LogP contribution in [0.15, 0.2) is 18.2 Å². The van der Waals surface area contributed by atoms with Gasteiger partial charge in [0.15, 0.2) is 0 Å². The number of hydrogen-bond donors (Lipinski definition) is 0. The van der Waals surface area contributed by atoms with Crippen molar-refractivity contribution >= 4 is 41.0 Å². The fourth-order valence-electron chi connectivity index (χ4n) is 2.11. The van der Waals surface area contributed by atoms with Crippen LogP contribution in [0.5, 0.6) is 5.75 Å². The third-order valence-electron chi connectivity index (χ3n) is 3.15. The Morgan fingerprint density at radius 2 is 1.74 bits per heavy atom. The topological polar surface area (TPSA) is 66.9 Å². The highest BCUT2D eigenvalue weighted by molar-refractivity contribution is 6.44. The number of hydrogen-bond acceptors (Lipinski definition) is 4. The highest BCUT2D eigenvalue weighted by Gasteiger charge is 2.44. The molecule has 23 heavy (non-hydrogen) atoms. The van der Waals surface area contributed by atoms with Crippen LogP contribution in [-0.2, 0) is 9.59 Å². The molecule has 0 aromatic heterocycles. The summed E-state index contributed by atoms with van der Waals surface area (Å²) in [6.45, 7) is 3.93. The van der Waals surface area contributed by atoms with Crippen LogP contribution in [0.3, 0.4) is 0 Å². The molecule has 6 nitrogen and oxygen atoms in total. The minimum atomic E-state index is -0.832. The summed E-state index contributed by atoms with van der Waals surface area (Å²) in [5.74, 6) is -1.16. The number of imide groups is 2. The van der Waals surface area contributed by atoms with Gasteiger partial charge < -0.3 is 4.74 Å². The van der Waals surface area contributed by atoms with E-state index < -0.39 is 17.8 Å². The molecule has 1 aliphatic heterocycles. The molecule has 0 aliphatic carbocycles. The molecule has 2 rings (SSSR count). The summed E-state index contributed by atoms with van der Waals surface area (Å²) in [7, 11) is 0. The van der Waals surface area contributed by atoms with Gasteiger partial charge in [0.05, 0.1) is 11.6 Å². The molecule has 1 aliphatic rings. The molecule has 1 aromatic rings. The lowest BCUT2D eigenvalue weighted by molar-refractivity contribution is -0.143. The Labute approximate surface area is 143 Å². The zero-order valence-corrected chi connectivity index (χ0v) is 14.2. The van der Waals surface area contributed by atoms with Crippen LogP contribution in [-0.4, -0.2) is 47.3 Å². The van der Waals surface area contributed by atoms with Crippen molar-refractivity contribution in [3.8, 4) is 5.75 Å². The number of benzene rings is 1. The van der Waals surface area contributed by atoms with E-state index in [4.69, 9.17) is 27.9 Å². The van der Waals surface area contributed by atoms with Crippen molar-refractivity contribution in [2.75, 3.05) is 19.7 Å². The van der Waals surface area contributed by atoms with Gasteiger partial charge in [0.25, 0.3) is 0 Å². The Bertz CT molecular complexity index is 648. The SMILES string of the molecule is CC(C)CN1C(=O)C(=O)N(CCOc2ccc(Cl)cc2Cl)C1=O. The summed E-state index contributed by atoms with van der Waals surface area (Å²) in [5.41, 5.74) is 0. The number of ether oxygens (including phenoxy) is 1. The van der Waals surface area contributed by atoms with Gasteiger partial charge in [-0.3, -0.25) is 19.4 Å². The van der Waals surface area contributed by atoms with E-state index in [1.54, 1.807) is 12.1 Å². The van der Waals surface area contributed by atoms with Gasteiger partial charge in [-0.05, 0) is 24.1 Å². The molecule has 0 spiro atoms. The standard InChI is InChI=1S/C15H16Cl2N2O4/c1-9(2)8-19-14(21)13(20)18(15(19)22)5-6-23-12-4-3-10(16)7-11(12)17/h3-4,7,9H,5-6,8H2,1-2H3. The van der Waals surface area contributed by atoms with Gasteiger partial charge in [0.2, 0.25) is 0 Å². The zero-order valence-electron chi connectivity index (χ0n) is 12.7. The van der Waals surface area contributed by atoms with Crippen molar-refractivity contribution in [2.45, 2.75) is 13.8 Å². The number of nitrogens with zero attached hydrogens (tertiary/aromatic N) is 2. The van der Waals surface area contributed by atoms with Crippen molar-refractivity contribution in [3.63, 3.8) is 0 Å². The summed E-state index contributed by atoms with van der Waals surface area (Å²) < 4.78 is 5.44. The molecule has 0 bridgehead atoms. The molecule has 8 heteroatoms. The maximum atomic E-state index is 12.1. The average molecular weight is 359 g/mol. The minimum Gasteiger partial charge on any atom is -0.490 e. The van der Waals surface area contributed by atoms with E-state index in [0.29, 0.717) is 15.8 Å². The Morgan fingerprint density at radius 3 is 2.35 bits per heavy atom. The quantitative estimate of drug-likeness (QED) is 0.579. The lowest BCUT2D eigenvalue weighted by Crippen LogP contribution is -2.37. The molecule has 0 N–H and O–H groups in total. The molecule has 1 fully saturated rings. The maximum absolute atomic E-state index is 12.1. The van der Waals surface area contributed by atoms with Crippen LogP contribution in [0.2, 0.25) is 10.0 Å². The van der Waals surface area contributed by atoms with Crippen LogP contribution < -0.4 is 4.74 Å². The second kappa shape index (κ2) is 7.19. The smallest absolute Gasteiger partial charge is 0.334 e. The third kappa shape index (κ3) is 3.95. The van der Waals surface area contributed by atoms with E-state index >= 15 is 0 Å². The molecule has 1 heterocycles. The van der Waals surface area contributed by atoms with Crippen molar-refractivity contribution in [1.29, 1.82) is 0 Å². The molecule has 0 saturated carbocycles. The van der Waals surface area contributed by atoms with Gasteiger partial charge in [0, 0.05) is 11.6 Å². The van der Waals surface area contributed by atoms with Gasteiger partial charge in [-0.2, -0.15) is 0 Å². The van der Waals surface area contributed by atoms with Crippen LogP contribution in [0.1, 0.15) is 13.8 Å². The van der Waals surface area contributed by atoms with E-state index in [1.165, 1.54) is 6.07 Å². The van der Waals surface area contributed by atoms with E-state index in [2.05, 4.69) is 0 Å². The Balaban J connectivity index is 1.96. The van der Waals surface area contributed by atoms with E-state index in [1.807, 2.05) is 13.8 Å². The highest BCUT2D eigenvalue weighted by atomic mass is 35.5. The summed E-state index contributed by atoms with van der Waals surface area (Å²) >= 11 is 11.8. The normalized spacial score (nSPS) is 15.1. The zero-order chi connectivity index (χ0) is 17.1. The Morgan fingerprint density at radius 1 is 1.09 bits per heavy atom. The number of halogens is 2. The van der Waals surface area contributed by atoms with E-state index in [-0.39, 0.29) is 25.6 Å². The Hall–Kier alpha value is -1.79. The fourth-order valence-corrected chi connectivity index (χ4v) is 2.58. The van der Waals surface area contributed by atoms with Gasteiger partial charge in [-0.25, -0.2) is 4.79 Å². The van der Waals surface area contributed by atoms with Crippen LogP contribution in [0.4, 0.5) is 4.79 Å². The number of urea groups is 1. The predicted octanol–water partition coefficient (Wildman–Crippen LogP) is 2.82. The highest BCUT2D eigenvalue weighted by Crippen LogP contribution is 2.27. The van der Waals surface area contributed by atoms with Crippen LogP contribution >= 0.6 is 23.2 Å². The lowest BCUT2D eigenvalue weighted by atomic mass is 10.2. The monoisotopic (exact) mass is 358 g/mol. The molecule has 0 unspecified atom stereocenters. The average Bonchev–Trinajstić information content (AvgIpc) is 2.66. The summed E-state index contributed by atoms with van der Waals surface area (Å²) in [6.07, 6.45) is 0. The van der Waals surface area contributed by atoms with Gasteiger partial charge in [0.1, 0.15) is 12.4 Å². The van der Waals surface area contributed by atoms with Crippen molar-refractivity contribution < 1.29 is 19.1 Å². The van der Waals surface area contributed by atoms with E-state index in [9.17, 15) is 14.4 Å². The second-order valence-electron chi connectivity index (χ2n) is 5.47. The van der Waals surface area contributed by atoms with Crippen molar-refractivity contribution in [1.82, 2.24) is 9.80 Å². The molecule has 124 valence electrons. The molecule has 0 radical (unpaired) electrons. The molecule has 1 saturated heterocycles. The number of carbonyl (C=O) groups is 3. The largest absolute Gasteiger partial charge is 0.490 e. The van der Waals surface area contributed by atoms with E-state index in [0.717, 1.165) is 9.80 Å².